The molecule has 120 valence electrons. The Hall–Kier alpha value is -1.79. The van der Waals surface area contributed by atoms with Crippen LogP contribution in [-0.4, -0.2) is 44.7 Å². The molecule has 0 aromatic heterocycles. The van der Waals surface area contributed by atoms with Crippen molar-refractivity contribution in [2.75, 3.05) is 26.7 Å². The normalized spacial score (nSPS) is 15.0. The highest BCUT2D eigenvalue weighted by Gasteiger charge is 2.24. The second-order valence-electron chi connectivity index (χ2n) is 5.48. The summed E-state index contributed by atoms with van der Waals surface area (Å²) in [5.74, 6) is 0.451. The third-order valence-electron chi connectivity index (χ3n) is 3.24. The van der Waals surface area contributed by atoms with E-state index in [-0.39, 0.29) is 18.5 Å². The number of rotatable bonds is 7. The minimum atomic E-state index is -0.405. The Bertz CT molecular complexity index is 517. The zero-order chi connectivity index (χ0) is 15.9. The molecule has 3 amide bonds. The van der Waals surface area contributed by atoms with Gasteiger partial charge in [-0.2, -0.15) is 0 Å². The van der Waals surface area contributed by atoms with E-state index in [1.54, 1.807) is 24.3 Å². The fourth-order valence-corrected chi connectivity index (χ4v) is 1.98. The van der Waals surface area contributed by atoms with Gasteiger partial charge in [-0.1, -0.05) is 11.6 Å². The third kappa shape index (κ3) is 6.32. The smallest absolute Gasteiger partial charge is 0.321 e. The lowest BCUT2D eigenvalue weighted by Gasteiger charge is -2.14. The van der Waals surface area contributed by atoms with Crippen LogP contribution in [-0.2, 0) is 4.79 Å². The van der Waals surface area contributed by atoms with Gasteiger partial charge in [0.2, 0.25) is 0 Å². The van der Waals surface area contributed by atoms with Crippen molar-refractivity contribution < 1.29 is 19.2 Å². The quantitative estimate of drug-likeness (QED) is 0.671. The van der Waals surface area contributed by atoms with Gasteiger partial charge in [0.1, 0.15) is 18.9 Å². The maximum Gasteiger partial charge on any atom is 0.321 e. The molecule has 0 radical (unpaired) electrons. The van der Waals surface area contributed by atoms with Gasteiger partial charge >= 0.3 is 6.03 Å². The molecule has 1 fully saturated rings. The summed E-state index contributed by atoms with van der Waals surface area (Å²) in [6, 6.07) is 6.96. The van der Waals surface area contributed by atoms with Crippen molar-refractivity contribution in [1.29, 1.82) is 0 Å². The van der Waals surface area contributed by atoms with Gasteiger partial charge in [0, 0.05) is 11.1 Å². The maximum absolute atomic E-state index is 11.7. The Morgan fingerprint density at radius 3 is 2.64 bits per heavy atom. The summed E-state index contributed by atoms with van der Waals surface area (Å²) in [6.07, 6.45) is 1.99. The molecule has 1 aliphatic rings. The summed E-state index contributed by atoms with van der Waals surface area (Å²) in [4.78, 5) is 24.1. The fourth-order valence-electron chi connectivity index (χ4n) is 1.86. The van der Waals surface area contributed by atoms with Crippen LogP contribution in [0.5, 0.6) is 5.75 Å². The molecule has 0 bridgehead atoms. The molecule has 1 atom stereocenters. The SMILES string of the molecule is C[NH+](CCOc1ccc(Cl)cc1)CC(=O)NC(=O)NC1CC1. The maximum atomic E-state index is 11.7. The second-order valence-corrected chi connectivity index (χ2v) is 5.92. The van der Waals surface area contributed by atoms with Crippen LogP contribution in [0.2, 0.25) is 5.02 Å². The predicted molar refractivity (Wildman–Crippen MR) is 83.3 cm³/mol. The minimum Gasteiger partial charge on any atom is -0.488 e. The number of imide groups is 1. The lowest BCUT2D eigenvalue weighted by atomic mass is 10.3. The van der Waals surface area contributed by atoms with E-state index in [2.05, 4.69) is 10.6 Å². The first-order chi connectivity index (χ1) is 10.5. The lowest BCUT2D eigenvalue weighted by molar-refractivity contribution is -0.871. The first-order valence-corrected chi connectivity index (χ1v) is 7.71. The van der Waals surface area contributed by atoms with Crippen molar-refractivity contribution >= 4 is 23.5 Å². The predicted octanol–water partition coefficient (Wildman–Crippen LogP) is 0.222. The van der Waals surface area contributed by atoms with E-state index >= 15 is 0 Å². The van der Waals surface area contributed by atoms with Crippen molar-refractivity contribution in [3.05, 3.63) is 29.3 Å². The van der Waals surface area contributed by atoms with E-state index in [0.29, 0.717) is 18.2 Å². The topological polar surface area (TPSA) is 71.9 Å². The van der Waals surface area contributed by atoms with E-state index in [1.807, 2.05) is 7.05 Å². The number of quaternary nitrogens is 1. The molecule has 22 heavy (non-hydrogen) atoms. The standard InChI is InChI=1S/C15H20ClN3O3/c1-19(8-9-22-13-6-2-11(16)3-7-13)10-14(20)18-15(21)17-12-4-5-12/h2-3,6-7,12H,4-5,8-10H2,1H3,(H2,17,18,20,21)/p+1. The number of hydrogen-bond donors (Lipinski definition) is 3. The van der Waals surface area contributed by atoms with Crippen molar-refractivity contribution in [2.45, 2.75) is 18.9 Å². The Balaban J connectivity index is 1.60. The number of hydrogen-bond acceptors (Lipinski definition) is 3. The van der Waals surface area contributed by atoms with Crippen molar-refractivity contribution in [3.8, 4) is 5.75 Å². The molecule has 2 rings (SSSR count). The van der Waals surface area contributed by atoms with Crippen LogP contribution >= 0.6 is 11.6 Å². The molecule has 0 heterocycles. The van der Waals surface area contributed by atoms with Gasteiger partial charge in [-0.3, -0.25) is 10.1 Å². The van der Waals surface area contributed by atoms with Gasteiger partial charge in [0.25, 0.3) is 5.91 Å². The van der Waals surface area contributed by atoms with Crippen LogP contribution in [0.4, 0.5) is 4.79 Å². The summed E-state index contributed by atoms with van der Waals surface area (Å²) < 4.78 is 5.56. The first-order valence-electron chi connectivity index (χ1n) is 7.33. The van der Waals surface area contributed by atoms with Crippen LogP contribution in [0.1, 0.15) is 12.8 Å². The number of likely N-dealkylation sites (N-methyl/N-ethyl adjacent to an activating group) is 1. The molecule has 1 unspecified atom stereocenters. The molecule has 0 spiro atoms. The number of benzene rings is 1. The molecular formula is C15H21ClN3O3+. The van der Waals surface area contributed by atoms with Crippen LogP contribution in [0.15, 0.2) is 24.3 Å². The molecule has 1 aliphatic carbocycles. The van der Waals surface area contributed by atoms with Crippen molar-refractivity contribution in [3.63, 3.8) is 0 Å². The first kappa shape index (κ1) is 16.6. The van der Waals surface area contributed by atoms with Gasteiger partial charge in [-0.15, -0.1) is 0 Å². The van der Waals surface area contributed by atoms with Gasteiger partial charge < -0.3 is 15.0 Å². The highest BCUT2D eigenvalue weighted by atomic mass is 35.5. The molecule has 0 aliphatic heterocycles. The zero-order valence-electron chi connectivity index (χ0n) is 12.5. The average molecular weight is 327 g/mol. The summed E-state index contributed by atoms with van der Waals surface area (Å²) in [6.45, 7) is 1.36. The summed E-state index contributed by atoms with van der Waals surface area (Å²) in [5.41, 5.74) is 0. The van der Waals surface area contributed by atoms with E-state index < -0.39 is 6.03 Å². The summed E-state index contributed by atoms with van der Waals surface area (Å²) in [5, 5.41) is 5.71. The number of halogens is 1. The highest BCUT2D eigenvalue weighted by molar-refractivity contribution is 6.30. The van der Waals surface area contributed by atoms with Crippen LogP contribution in [0, 0.1) is 0 Å². The van der Waals surface area contributed by atoms with Gasteiger partial charge in [0.15, 0.2) is 6.54 Å². The minimum absolute atomic E-state index is 0.224. The van der Waals surface area contributed by atoms with E-state index in [9.17, 15) is 9.59 Å². The molecular weight excluding hydrogens is 306 g/mol. The number of amides is 3. The number of nitrogens with one attached hydrogen (secondary N) is 3. The molecule has 7 heteroatoms. The Morgan fingerprint density at radius 2 is 2.00 bits per heavy atom. The third-order valence-corrected chi connectivity index (χ3v) is 3.49. The van der Waals surface area contributed by atoms with Crippen LogP contribution in [0.3, 0.4) is 0 Å². The number of carbonyl (C=O) groups excluding carboxylic acids is 2. The molecule has 1 aromatic rings. The number of urea groups is 1. The van der Waals surface area contributed by atoms with E-state index in [1.165, 1.54) is 0 Å². The Kier molecular flexibility index (Phi) is 6.03. The molecule has 3 N–H and O–H groups in total. The number of ether oxygens (including phenoxy) is 1. The monoisotopic (exact) mass is 326 g/mol. The van der Waals surface area contributed by atoms with E-state index in [0.717, 1.165) is 23.5 Å². The fraction of sp³-hybridized carbons (Fsp3) is 0.467. The summed E-state index contributed by atoms with van der Waals surface area (Å²) >= 11 is 5.79. The molecule has 6 nitrogen and oxygen atoms in total. The largest absolute Gasteiger partial charge is 0.488 e. The van der Waals surface area contributed by atoms with Crippen LogP contribution < -0.4 is 20.3 Å². The Morgan fingerprint density at radius 1 is 1.32 bits per heavy atom. The molecule has 0 saturated heterocycles. The molecule has 1 aromatic carbocycles. The average Bonchev–Trinajstić information content (AvgIpc) is 3.24. The molecule has 1 saturated carbocycles. The van der Waals surface area contributed by atoms with Crippen molar-refractivity contribution in [2.24, 2.45) is 0 Å². The van der Waals surface area contributed by atoms with Gasteiger partial charge in [-0.05, 0) is 37.1 Å². The zero-order valence-corrected chi connectivity index (χ0v) is 13.3. The van der Waals surface area contributed by atoms with Crippen LogP contribution in [0.25, 0.3) is 0 Å². The highest BCUT2D eigenvalue weighted by Crippen LogP contribution is 2.18. The lowest BCUT2D eigenvalue weighted by Crippen LogP contribution is -3.10. The van der Waals surface area contributed by atoms with Gasteiger partial charge in [-0.25, -0.2) is 4.79 Å². The van der Waals surface area contributed by atoms with E-state index in [4.69, 9.17) is 16.3 Å². The van der Waals surface area contributed by atoms with Crippen molar-refractivity contribution in [1.82, 2.24) is 10.6 Å². The van der Waals surface area contributed by atoms with Gasteiger partial charge in [0.05, 0.1) is 7.05 Å². The second kappa shape index (κ2) is 8.00. The number of carbonyl (C=O) groups is 2. The summed E-state index contributed by atoms with van der Waals surface area (Å²) in [7, 11) is 1.88. The Labute approximate surface area is 134 Å².